The fourth-order valence-corrected chi connectivity index (χ4v) is 5.56. The van der Waals surface area contributed by atoms with Crippen LogP contribution in [0.5, 0.6) is 0 Å². The van der Waals surface area contributed by atoms with Gasteiger partial charge in [-0.1, -0.05) is 67.6 Å². The second-order valence-corrected chi connectivity index (χ2v) is 8.08. The summed E-state index contributed by atoms with van der Waals surface area (Å²) >= 11 is 6.47. The predicted octanol–water partition coefficient (Wildman–Crippen LogP) is 4.43. The minimum atomic E-state index is -0.620. The third kappa shape index (κ3) is 2.26. The van der Waals surface area contributed by atoms with Crippen molar-refractivity contribution in [1.82, 2.24) is 0 Å². The van der Waals surface area contributed by atoms with Gasteiger partial charge in [0.1, 0.15) is 8.83 Å². The molecule has 98 valence electrons. The van der Waals surface area contributed by atoms with Gasteiger partial charge in [0.05, 0.1) is 0 Å². The van der Waals surface area contributed by atoms with Crippen molar-refractivity contribution in [2.75, 3.05) is 0 Å². The van der Waals surface area contributed by atoms with Crippen molar-refractivity contribution in [2.24, 2.45) is 5.92 Å². The molecule has 2 aliphatic carbocycles. The van der Waals surface area contributed by atoms with Crippen LogP contribution in [-0.2, 0) is 0 Å². The van der Waals surface area contributed by atoms with Crippen LogP contribution in [0.2, 0.25) is 5.04 Å². The Kier molecular flexibility index (Phi) is 3.51. The molecule has 0 saturated heterocycles. The molecule has 3 unspecified atom stereocenters. The lowest BCUT2D eigenvalue weighted by molar-refractivity contribution is 0.474. The van der Waals surface area contributed by atoms with Crippen molar-refractivity contribution < 1.29 is 0 Å². The molecule has 0 aliphatic heterocycles. The lowest BCUT2D eigenvalue weighted by Crippen LogP contribution is -2.25. The Labute approximate surface area is 122 Å². The van der Waals surface area contributed by atoms with Crippen LogP contribution in [0.25, 0.3) is 6.08 Å². The Balaban J connectivity index is 1.88. The Bertz CT molecular complexity index is 558. The van der Waals surface area contributed by atoms with Crippen molar-refractivity contribution >= 4 is 26.0 Å². The van der Waals surface area contributed by atoms with E-state index in [2.05, 4.69) is 67.6 Å². The van der Waals surface area contributed by atoms with Crippen molar-refractivity contribution in [3.8, 4) is 0 Å². The van der Waals surface area contributed by atoms with Gasteiger partial charge < -0.3 is 0 Å². The standard InChI is InChI=1S/C17H19ClSi/c1-13-6-4-5-11-17(13,19-18)12-15-10-9-14-7-2-3-8-16(14)15/h2-11,13,15H,12,19H2,1H3. The topological polar surface area (TPSA) is 0 Å². The third-order valence-corrected chi connectivity index (χ3v) is 7.76. The zero-order valence-electron chi connectivity index (χ0n) is 11.2. The van der Waals surface area contributed by atoms with Crippen molar-refractivity contribution in [2.45, 2.75) is 24.3 Å². The number of rotatable bonds is 3. The van der Waals surface area contributed by atoms with Crippen molar-refractivity contribution in [1.29, 1.82) is 0 Å². The van der Waals surface area contributed by atoms with E-state index in [1.807, 2.05) is 0 Å². The number of hydrogen-bond donors (Lipinski definition) is 0. The Hall–Kier alpha value is -1.05. The highest BCUT2D eigenvalue weighted by atomic mass is 35.6. The maximum atomic E-state index is 6.47. The Morgan fingerprint density at radius 1 is 1.21 bits per heavy atom. The molecule has 3 rings (SSSR count). The van der Waals surface area contributed by atoms with E-state index in [-0.39, 0.29) is 5.04 Å². The van der Waals surface area contributed by atoms with E-state index in [1.54, 1.807) is 0 Å². The first-order chi connectivity index (χ1) is 9.25. The van der Waals surface area contributed by atoms with Gasteiger partial charge in [-0.3, -0.25) is 0 Å². The summed E-state index contributed by atoms with van der Waals surface area (Å²) in [7, 11) is -0.620. The van der Waals surface area contributed by atoms with E-state index in [9.17, 15) is 0 Å². The largest absolute Gasteiger partial charge is 0.175 e. The average molecular weight is 287 g/mol. The second-order valence-electron chi connectivity index (χ2n) is 5.70. The molecule has 1 aromatic rings. The Morgan fingerprint density at radius 2 is 2.05 bits per heavy atom. The molecule has 0 amide bonds. The van der Waals surface area contributed by atoms with Gasteiger partial charge >= 0.3 is 0 Å². The van der Waals surface area contributed by atoms with Crippen LogP contribution in [0.1, 0.15) is 30.4 Å². The molecule has 2 aliphatic rings. The van der Waals surface area contributed by atoms with E-state index < -0.39 is 8.83 Å². The van der Waals surface area contributed by atoms with Gasteiger partial charge in [0.15, 0.2) is 0 Å². The molecule has 19 heavy (non-hydrogen) atoms. The van der Waals surface area contributed by atoms with Crippen LogP contribution in [0, 0.1) is 5.92 Å². The average Bonchev–Trinajstić information content (AvgIpc) is 2.85. The summed E-state index contributed by atoms with van der Waals surface area (Å²) in [6.45, 7) is 2.31. The molecule has 3 atom stereocenters. The molecule has 0 heterocycles. The van der Waals surface area contributed by atoms with Crippen LogP contribution in [-0.4, -0.2) is 8.83 Å². The summed E-state index contributed by atoms with van der Waals surface area (Å²) in [5.41, 5.74) is 2.85. The van der Waals surface area contributed by atoms with Gasteiger partial charge in [0.25, 0.3) is 0 Å². The van der Waals surface area contributed by atoms with E-state index in [1.165, 1.54) is 11.1 Å². The molecule has 0 N–H and O–H groups in total. The third-order valence-electron chi connectivity index (χ3n) is 4.60. The molecule has 2 heteroatoms. The number of hydrogen-bond acceptors (Lipinski definition) is 0. The first-order valence-corrected chi connectivity index (χ1v) is 9.79. The van der Waals surface area contributed by atoms with Gasteiger partial charge in [-0.15, -0.1) is 0 Å². The molecule has 0 aromatic heterocycles. The summed E-state index contributed by atoms with van der Waals surface area (Å²) in [5, 5.41) is 0.225. The number of allylic oxidation sites excluding steroid dienone is 5. The normalized spacial score (nSPS) is 32.3. The fraction of sp³-hybridized carbons (Fsp3) is 0.294. The summed E-state index contributed by atoms with van der Waals surface area (Å²) in [5.74, 6) is 1.09. The maximum Gasteiger partial charge on any atom is 0.135 e. The van der Waals surface area contributed by atoms with Gasteiger partial charge in [0.2, 0.25) is 0 Å². The molecule has 0 spiro atoms. The molecule has 0 bridgehead atoms. The summed E-state index contributed by atoms with van der Waals surface area (Å²) < 4.78 is 0. The zero-order valence-corrected chi connectivity index (χ0v) is 13.4. The summed E-state index contributed by atoms with van der Waals surface area (Å²) in [6.07, 6.45) is 14.8. The zero-order chi connectivity index (χ0) is 13.3. The van der Waals surface area contributed by atoms with Gasteiger partial charge in [-0.2, -0.15) is 11.1 Å². The molecule has 0 nitrogen and oxygen atoms in total. The smallest absolute Gasteiger partial charge is 0.135 e. The van der Waals surface area contributed by atoms with E-state index in [4.69, 9.17) is 11.1 Å². The quantitative estimate of drug-likeness (QED) is 0.570. The number of halogens is 1. The molecular formula is C17H19ClSi. The maximum absolute atomic E-state index is 6.47. The lowest BCUT2D eigenvalue weighted by atomic mass is 9.80. The second kappa shape index (κ2) is 5.14. The molecule has 0 saturated carbocycles. The van der Waals surface area contributed by atoms with Crippen LogP contribution in [0.15, 0.2) is 54.6 Å². The molecule has 0 radical (unpaired) electrons. The molecular weight excluding hydrogens is 268 g/mol. The highest BCUT2D eigenvalue weighted by Gasteiger charge is 2.36. The lowest BCUT2D eigenvalue weighted by Gasteiger charge is -2.37. The van der Waals surface area contributed by atoms with Gasteiger partial charge in [-0.05, 0) is 28.5 Å². The van der Waals surface area contributed by atoms with Crippen LogP contribution in [0.4, 0.5) is 0 Å². The van der Waals surface area contributed by atoms with E-state index in [0.29, 0.717) is 11.8 Å². The predicted molar refractivity (Wildman–Crippen MR) is 87.4 cm³/mol. The summed E-state index contributed by atoms with van der Waals surface area (Å²) in [4.78, 5) is 0. The fourth-order valence-electron chi connectivity index (χ4n) is 3.21. The van der Waals surface area contributed by atoms with Crippen LogP contribution in [0.3, 0.4) is 0 Å². The van der Waals surface area contributed by atoms with Gasteiger partial charge in [0, 0.05) is 5.92 Å². The van der Waals surface area contributed by atoms with E-state index in [0.717, 1.165) is 6.42 Å². The number of benzene rings is 1. The Morgan fingerprint density at radius 3 is 2.84 bits per heavy atom. The SMILES string of the molecule is CC1C=CC=CC1(CC1C=Cc2ccccc21)[SiH2]Cl. The van der Waals surface area contributed by atoms with Crippen LogP contribution >= 0.6 is 11.1 Å². The minimum Gasteiger partial charge on any atom is -0.175 e. The number of fused-ring (bicyclic) bond motifs is 1. The van der Waals surface area contributed by atoms with Crippen molar-refractivity contribution in [3.05, 3.63) is 65.8 Å². The highest BCUT2D eigenvalue weighted by molar-refractivity contribution is 6.95. The summed E-state index contributed by atoms with van der Waals surface area (Å²) in [6, 6.07) is 8.72. The van der Waals surface area contributed by atoms with E-state index >= 15 is 0 Å². The monoisotopic (exact) mass is 286 g/mol. The van der Waals surface area contributed by atoms with Crippen LogP contribution < -0.4 is 0 Å². The minimum absolute atomic E-state index is 0.225. The van der Waals surface area contributed by atoms with Gasteiger partial charge in [-0.25, -0.2) is 0 Å². The molecule has 0 fully saturated rings. The molecule has 1 aromatic carbocycles. The highest BCUT2D eigenvalue weighted by Crippen LogP contribution is 2.50. The van der Waals surface area contributed by atoms with Crippen molar-refractivity contribution in [3.63, 3.8) is 0 Å². The first-order valence-electron chi connectivity index (χ1n) is 6.94. The first kappa shape index (κ1) is 13.0.